The van der Waals surface area contributed by atoms with E-state index in [4.69, 9.17) is 22.1 Å². The molecule has 0 aromatic heterocycles. The molecule has 2 aliphatic heterocycles. The summed E-state index contributed by atoms with van der Waals surface area (Å²) in [5.41, 5.74) is 10.3. The maximum absolute atomic E-state index is 6.34. The van der Waals surface area contributed by atoms with Gasteiger partial charge in [0.2, 0.25) is 18.2 Å². The van der Waals surface area contributed by atoms with Gasteiger partial charge in [0.1, 0.15) is 0 Å². The molecule has 2 heterocycles. The highest BCUT2D eigenvalue weighted by Gasteiger charge is 2.32. The molecule has 158 valence electrons. The first-order valence-corrected chi connectivity index (χ1v) is 10.6. The van der Waals surface area contributed by atoms with Crippen LogP contribution in [0.25, 0.3) is 0 Å². The largest absolute Gasteiger partial charge is 0.378 e. The molecule has 2 aromatic rings. The van der Waals surface area contributed by atoms with E-state index >= 15 is 0 Å². The van der Waals surface area contributed by atoms with E-state index in [2.05, 4.69) is 56.3 Å². The van der Waals surface area contributed by atoms with Crippen molar-refractivity contribution in [2.45, 2.75) is 26.6 Å². The molecule has 1 fully saturated rings. The first-order chi connectivity index (χ1) is 14.5. The van der Waals surface area contributed by atoms with E-state index in [1.54, 1.807) is 0 Å². The summed E-state index contributed by atoms with van der Waals surface area (Å²) < 4.78 is 5.53. The molecule has 0 bridgehead atoms. The molecule has 1 atom stereocenters. The summed E-state index contributed by atoms with van der Waals surface area (Å²) in [5.74, 6) is 1.01. The summed E-state index contributed by atoms with van der Waals surface area (Å²) in [6.45, 7) is 6.94. The van der Waals surface area contributed by atoms with Crippen LogP contribution in [0.1, 0.15) is 18.1 Å². The normalized spacial score (nSPS) is 19.4. The number of benzene rings is 2. The maximum Gasteiger partial charge on any atom is 0.222 e. The number of rotatable bonds is 4. The van der Waals surface area contributed by atoms with Gasteiger partial charge in [-0.25, -0.2) is 4.99 Å². The van der Waals surface area contributed by atoms with Crippen molar-refractivity contribution in [2.75, 3.05) is 36.5 Å². The van der Waals surface area contributed by atoms with Crippen LogP contribution in [0.5, 0.6) is 0 Å². The molecule has 1 saturated heterocycles. The smallest absolute Gasteiger partial charge is 0.222 e. The monoisotopic (exact) mass is 426 g/mol. The van der Waals surface area contributed by atoms with Crippen LogP contribution in [0.4, 0.5) is 11.4 Å². The number of morpholine rings is 1. The van der Waals surface area contributed by atoms with Crippen LogP contribution in [0.2, 0.25) is 5.02 Å². The first-order valence-electron chi connectivity index (χ1n) is 10.2. The molecule has 30 heavy (non-hydrogen) atoms. The Morgan fingerprint density at radius 1 is 1.17 bits per heavy atom. The second-order valence-corrected chi connectivity index (χ2v) is 7.78. The average Bonchev–Trinajstić information content (AvgIpc) is 2.77. The van der Waals surface area contributed by atoms with Gasteiger partial charge in [0.05, 0.1) is 13.2 Å². The number of nitrogens with zero attached hydrogens (tertiary/aromatic N) is 4. The molecule has 1 unspecified atom stereocenters. The number of nitrogens with two attached hydrogens (primary N) is 1. The topological polar surface area (TPSA) is 78.5 Å². The molecule has 3 N–H and O–H groups in total. The van der Waals surface area contributed by atoms with Crippen molar-refractivity contribution in [1.82, 2.24) is 4.90 Å². The van der Waals surface area contributed by atoms with E-state index in [1.807, 2.05) is 25.1 Å². The molecule has 2 aromatic carbocycles. The predicted octanol–water partition coefficient (Wildman–Crippen LogP) is 3.43. The maximum atomic E-state index is 6.34. The number of halogens is 1. The van der Waals surface area contributed by atoms with Crippen molar-refractivity contribution in [3.05, 3.63) is 58.6 Å². The SMILES string of the molecule is CCc1ccc(N2C(N3CCOCC3)=NC(N)=NC2Nc2ccc(C)c(Cl)c2)cc1. The van der Waals surface area contributed by atoms with Crippen LogP contribution in [-0.2, 0) is 11.2 Å². The van der Waals surface area contributed by atoms with Gasteiger partial charge in [0, 0.05) is 29.5 Å². The summed E-state index contributed by atoms with van der Waals surface area (Å²) in [4.78, 5) is 13.5. The van der Waals surface area contributed by atoms with Crippen LogP contribution in [0.15, 0.2) is 52.4 Å². The minimum Gasteiger partial charge on any atom is -0.378 e. The average molecular weight is 427 g/mol. The molecule has 0 saturated carbocycles. The van der Waals surface area contributed by atoms with Gasteiger partial charge < -0.3 is 20.7 Å². The minimum absolute atomic E-state index is 0.244. The number of ether oxygens (including phenoxy) is 1. The number of anilines is 2. The minimum atomic E-state index is -0.452. The van der Waals surface area contributed by atoms with Gasteiger partial charge in [-0.05, 0) is 48.7 Å². The molecule has 0 spiro atoms. The van der Waals surface area contributed by atoms with Crippen molar-refractivity contribution < 1.29 is 4.74 Å². The number of hydrogen-bond donors (Lipinski definition) is 2. The van der Waals surface area contributed by atoms with Gasteiger partial charge in [-0.15, -0.1) is 0 Å². The van der Waals surface area contributed by atoms with Crippen molar-refractivity contribution in [3.8, 4) is 0 Å². The zero-order chi connectivity index (χ0) is 21.1. The van der Waals surface area contributed by atoms with Crippen molar-refractivity contribution in [1.29, 1.82) is 0 Å². The van der Waals surface area contributed by atoms with Crippen molar-refractivity contribution in [2.24, 2.45) is 15.7 Å². The Bertz CT molecular complexity index is 953. The number of aliphatic imine (C=N–C) groups is 2. The fourth-order valence-corrected chi connectivity index (χ4v) is 3.72. The van der Waals surface area contributed by atoms with Crippen LogP contribution >= 0.6 is 11.6 Å². The van der Waals surface area contributed by atoms with Crippen LogP contribution in [0, 0.1) is 6.92 Å². The Morgan fingerprint density at radius 3 is 2.57 bits per heavy atom. The third kappa shape index (κ3) is 4.37. The number of guanidine groups is 2. The highest BCUT2D eigenvalue weighted by atomic mass is 35.5. The number of aryl methyl sites for hydroxylation is 2. The number of nitrogens with one attached hydrogen (secondary N) is 1. The van der Waals surface area contributed by atoms with Gasteiger partial charge in [-0.3, -0.25) is 4.90 Å². The van der Waals surface area contributed by atoms with Crippen LogP contribution in [0.3, 0.4) is 0 Å². The van der Waals surface area contributed by atoms with Gasteiger partial charge in [0.15, 0.2) is 0 Å². The predicted molar refractivity (Wildman–Crippen MR) is 123 cm³/mol. The fraction of sp³-hybridized carbons (Fsp3) is 0.364. The Hall–Kier alpha value is -2.77. The van der Waals surface area contributed by atoms with Crippen molar-refractivity contribution in [3.63, 3.8) is 0 Å². The highest BCUT2D eigenvalue weighted by Crippen LogP contribution is 2.27. The summed E-state index contributed by atoms with van der Waals surface area (Å²) in [7, 11) is 0. The fourth-order valence-electron chi connectivity index (χ4n) is 3.54. The zero-order valence-electron chi connectivity index (χ0n) is 17.3. The Morgan fingerprint density at radius 2 is 1.90 bits per heavy atom. The lowest BCUT2D eigenvalue weighted by Crippen LogP contribution is -2.57. The van der Waals surface area contributed by atoms with Crippen LogP contribution < -0.4 is 16.0 Å². The van der Waals surface area contributed by atoms with Gasteiger partial charge in [0.25, 0.3) is 0 Å². The Balaban J connectivity index is 1.71. The van der Waals surface area contributed by atoms with Gasteiger partial charge in [-0.2, -0.15) is 4.99 Å². The Labute approximate surface area is 182 Å². The zero-order valence-corrected chi connectivity index (χ0v) is 18.1. The molecule has 7 nitrogen and oxygen atoms in total. The lowest BCUT2D eigenvalue weighted by Gasteiger charge is -2.41. The van der Waals surface area contributed by atoms with E-state index in [0.717, 1.165) is 42.4 Å². The van der Waals surface area contributed by atoms with Gasteiger partial charge >= 0.3 is 0 Å². The number of hydrogen-bond acceptors (Lipinski definition) is 7. The molecular formula is C22H27ClN6O. The highest BCUT2D eigenvalue weighted by molar-refractivity contribution is 6.31. The van der Waals surface area contributed by atoms with E-state index in [0.29, 0.717) is 18.2 Å². The molecule has 2 aliphatic rings. The summed E-state index contributed by atoms with van der Waals surface area (Å²) in [6.07, 6.45) is 0.533. The Kier molecular flexibility index (Phi) is 6.11. The van der Waals surface area contributed by atoms with E-state index in [1.165, 1.54) is 5.56 Å². The van der Waals surface area contributed by atoms with Gasteiger partial charge in [-0.1, -0.05) is 36.7 Å². The second kappa shape index (κ2) is 8.93. The lowest BCUT2D eigenvalue weighted by atomic mass is 10.1. The first kappa shape index (κ1) is 20.5. The van der Waals surface area contributed by atoms with E-state index in [-0.39, 0.29) is 5.96 Å². The molecule has 8 heteroatoms. The van der Waals surface area contributed by atoms with Crippen LogP contribution in [-0.4, -0.2) is 49.4 Å². The standard InChI is InChI=1S/C22H27ClN6O/c1-3-16-5-8-18(9-6-16)29-21(25-17-7-4-15(2)19(23)14-17)26-20(24)27-22(29)28-10-12-30-13-11-28/h4-9,14,21,25H,3,10-13H2,1-2H3,(H2,24,26). The van der Waals surface area contributed by atoms with E-state index < -0.39 is 6.29 Å². The summed E-state index contributed by atoms with van der Waals surface area (Å²) in [5, 5.41) is 4.16. The second-order valence-electron chi connectivity index (χ2n) is 7.37. The third-order valence-electron chi connectivity index (χ3n) is 5.31. The summed E-state index contributed by atoms with van der Waals surface area (Å²) >= 11 is 6.34. The quantitative estimate of drug-likeness (QED) is 0.783. The third-order valence-corrected chi connectivity index (χ3v) is 5.72. The molecular weight excluding hydrogens is 400 g/mol. The molecule has 0 amide bonds. The van der Waals surface area contributed by atoms with E-state index in [9.17, 15) is 0 Å². The summed E-state index contributed by atoms with van der Waals surface area (Å²) in [6, 6.07) is 14.3. The molecule has 0 radical (unpaired) electrons. The lowest BCUT2D eigenvalue weighted by molar-refractivity contribution is 0.0671. The molecule has 0 aliphatic carbocycles. The van der Waals surface area contributed by atoms with Crippen molar-refractivity contribution >= 4 is 34.9 Å². The molecule has 4 rings (SSSR count).